The Labute approximate surface area is 140 Å². The van der Waals surface area contributed by atoms with Gasteiger partial charge in [0.05, 0.1) is 18.6 Å². The first kappa shape index (κ1) is 17.8. The van der Waals surface area contributed by atoms with Gasteiger partial charge in [0, 0.05) is 19.6 Å². The summed E-state index contributed by atoms with van der Waals surface area (Å²) in [5.41, 5.74) is 1.42. The zero-order valence-corrected chi connectivity index (χ0v) is 13.7. The molecule has 1 aliphatic rings. The van der Waals surface area contributed by atoms with E-state index in [4.69, 9.17) is 5.11 Å². The molecule has 1 aromatic rings. The first-order valence-corrected chi connectivity index (χ1v) is 7.94. The van der Waals surface area contributed by atoms with Gasteiger partial charge in [0.2, 0.25) is 0 Å². The quantitative estimate of drug-likeness (QED) is 0.796. The molecule has 24 heavy (non-hydrogen) atoms. The number of carboxylic acid groups (broad SMARTS) is 1. The predicted octanol–water partition coefficient (Wildman–Crippen LogP) is 1.52. The lowest BCUT2D eigenvalue weighted by atomic mass is 9.97. The van der Waals surface area contributed by atoms with E-state index in [1.807, 2.05) is 6.07 Å². The number of nitrogens with one attached hydrogen (secondary N) is 1. The van der Waals surface area contributed by atoms with Crippen LogP contribution in [0.5, 0.6) is 0 Å². The minimum Gasteiger partial charge on any atom is -0.481 e. The Kier molecular flexibility index (Phi) is 6.17. The van der Waals surface area contributed by atoms with Crippen LogP contribution in [0.2, 0.25) is 0 Å². The average Bonchev–Trinajstić information content (AvgIpc) is 2.61. The third-order valence-corrected chi connectivity index (χ3v) is 4.17. The molecule has 2 rings (SSSR count). The molecule has 0 unspecified atom stereocenters. The minimum atomic E-state index is -0.791. The van der Waals surface area contributed by atoms with Gasteiger partial charge in [-0.3, -0.25) is 4.79 Å². The number of aliphatic carboxylic acids is 1. The zero-order valence-electron chi connectivity index (χ0n) is 13.7. The summed E-state index contributed by atoms with van der Waals surface area (Å²) in [6, 6.07) is 6.91. The number of hydrogen-bond acceptors (Lipinski definition) is 4. The monoisotopic (exact) mass is 334 g/mol. The van der Waals surface area contributed by atoms with Gasteiger partial charge in [0.1, 0.15) is 0 Å². The number of carbonyl (C=O) groups excluding carboxylic acids is 2. The highest BCUT2D eigenvalue weighted by atomic mass is 16.5. The lowest BCUT2D eigenvalue weighted by Gasteiger charge is -2.30. The minimum absolute atomic E-state index is 0.178. The lowest BCUT2D eigenvalue weighted by molar-refractivity contribution is -0.143. The van der Waals surface area contributed by atoms with E-state index in [-0.39, 0.29) is 17.9 Å². The van der Waals surface area contributed by atoms with Crippen LogP contribution >= 0.6 is 0 Å². The Hall–Kier alpha value is -2.57. The number of esters is 1. The number of rotatable bonds is 5. The molecule has 0 bridgehead atoms. The molecule has 7 heteroatoms. The number of methoxy groups -OCH3 is 1. The average molecular weight is 334 g/mol. The standard InChI is InChI=1S/C17H22N2O5/c1-24-16(22)14-4-2-3-12(11-14)5-8-18-17(23)19-9-6-13(7-10-19)15(20)21/h2-4,11,13H,5-10H2,1H3,(H,18,23)(H,20,21). The van der Waals surface area contributed by atoms with Crippen molar-refractivity contribution in [1.82, 2.24) is 10.2 Å². The Bertz CT molecular complexity index is 609. The summed E-state index contributed by atoms with van der Waals surface area (Å²) in [6.45, 7) is 1.36. The fourth-order valence-corrected chi connectivity index (χ4v) is 2.73. The molecule has 1 saturated heterocycles. The number of ether oxygens (including phenoxy) is 1. The molecule has 0 saturated carbocycles. The van der Waals surface area contributed by atoms with Crippen LogP contribution in [0.3, 0.4) is 0 Å². The zero-order chi connectivity index (χ0) is 17.5. The molecular weight excluding hydrogens is 312 g/mol. The van der Waals surface area contributed by atoms with Crippen molar-refractivity contribution in [3.05, 3.63) is 35.4 Å². The topological polar surface area (TPSA) is 95.9 Å². The fraction of sp³-hybridized carbons (Fsp3) is 0.471. The molecule has 130 valence electrons. The number of piperidine rings is 1. The summed E-state index contributed by atoms with van der Waals surface area (Å²) in [5, 5.41) is 11.8. The maximum Gasteiger partial charge on any atom is 0.337 e. The molecule has 7 nitrogen and oxygen atoms in total. The van der Waals surface area contributed by atoms with Gasteiger partial charge < -0.3 is 20.1 Å². The molecule has 1 aromatic carbocycles. The van der Waals surface area contributed by atoms with Crippen LogP contribution in [-0.4, -0.2) is 54.7 Å². The van der Waals surface area contributed by atoms with Crippen molar-refractivity contribution in [1.29, 1.82) is 0 Å². The number of carboxylic acids is 1. The number of benzene rings is 1. The largest absolute Gasteiger partial charge is 0.481 e. The van der Waals surface area contributed by atoms with Crippen molar-refractivity contribution in [3.8, 4) is 0 Å². The first-order valence-electron chi connectivity index (χ1n) is 7.94. The van der Waals surface area contributed by atoms with E-state index in [2.05, 4.69) is 10.1 Å². The van der Waals surface area contributed by atoms with Gasteiger partial charge >= 0.3 is 18.0 Å². The highest BCUT2D eigenvalue weighted by Gasteiger charge is 2.26. The number of amides is 2. The van der Waals surface area contributed by atoms with Gasteiger partial charge in [-0.25, -0.2) is 9.59 Å². The SMILES string of the molecule is COC(=O)c1cccc(CCNC(=O)N2CCC(C(=O)O)CC2)c1. The molecule has 0 aliphatic carbocycles. The molecular formula is C17H22N2O5. The van der Waals surface area contributed by atoms with Crippen LogP contribution in [0.15, 0.2) is 24.3 Å². The van der Waals surface area contributed by atoms with E-state index in [9.17, 15) is 14.4 Å². The van der Waals surface area contributed by atoms with E-state index >= 15 is 0 Å². The van der Waals surface area contributed by atoms with Crippen LogP contribution in [0.4, 0.5) is 4.79 Å². The summed E-state index contributed by atoms with van der Waals surface area (Å²) in [5.74, 6) is -1.53. The van der Waals surface area contributed by atoms with Gasteiger partial charge in [-0.05, 0) is 37.0 Å². The maximum atomic E-state index is 12.1. The Morgan fingerprint density at radius 2 is 2.00 bits per heavy atom. The van der Waals surface area contributed by atoms with Crippen molar-refractivity contribution >= 4 is 18.0 Å². The second-order valence-electron chi connectivity index (χ2n) is 5.77. The van der Waals surface area contributed by atoms with Crippen molar-refractivity contribution in [2.45, 2.75) is 19.3 Å². The third kappa shape index (κ3) is 4.71. The van der Waals surface area contributed by atoms with Gasteiger partial charge in [0.25, 0.3) is 0 Å². The van der Waals surface area contributed by atoms with Gasteiger partial charge in [0.15, 0.2) is 0 Å². The Morgan fingerprint density at radius 3 is 2.62 bits per heavy atom. The highest BCUT2D eigenvalue weighted by molar-refractivity contribution is 5.89. The van der Waals surface area contributed by atoms with Crippen molar-refractivity contribution < 1.29 is 24.2 Å². The normalized spacial score (nSPS) is 15.0. The third-order valence-electron chi connectivity index (χ3n) is 4.17. The summed E-state index contributed by atoms with van der Waals surface area (Å²) >= 11 is 0. The van der Waals surface area contributed by atoms with Gasteiger partial charge in [-0.2, -0.15) is 0 Å². The lowest BCUT2D eigenvalue weighted by Crippen LogP contribution is -2.45. The smallest absolute Gasteiger partial charge is 0.337 e. The highest BCUT2D eigenvalue weighted by Crippen LogP contribution is 2.17. The van der Waals surface area contributed by atoms with Crippen LogP contribution in [0.1, 0.15) is 28.8 Å². The predicted molar refractivity (Wildman–Crippen MR) is 86.8 cm³/mol. The number of carbonyl (C=O) groups is 3. The van der Waals surface area contributed by atoms with E-state index in [0.29, 0.717) is 44.5 Å². The number of urea groups is 1. The molecule has 0 atom stereocenters. The molecule has 1 fully saturated rings. The summed E-state index contributed by atoms with van der Waals surface area (Å²) < 4.78 is 4.68. The van der Waals surface area contributed by atoms with E-state index in [0.717, 1.165) is 5.56 Å². The molecule has 0 radical (unpaired) electrons. The fourth-order valence-electron chi connectivity index (χ4n) is 2.73. The molecule has 2 N–H and O–H groups in total. The van der Waals surface area contributed by atoms with Crippen LogP contribution in [0.25, 0.3) is 0 Å². The van der Waals surface area contributed by atoms with E-state index in [1.54, 1.807) is 23.1 Å². The number of nitrogens with zero attached hydrogens (tertiary/aromatic N) is 1. The summed E-state index contributed by atoms with van der Waals surface area (Å²) in [6.07, 6.45) is 1.58. The van der Waals surface area contributed by atoms with E-state index < -0.39 is 5.97 Å². The second kappa shape index (κ2) is 8.33. The summed E-state index contributed by atoms with van der Waals surface area (Å²) in [7, 11) is 1.34. The van der Waals surface area contributed by atoms with Gasteiger partial charge in [-0.15, -0.1) is 0 Å². The Morgan fingerprint density at radius 1 is 1.29 bits per heavy atom. The van der Waals surface area contributed by atoms with Crippen molar-refractivity contribution in [3.63, 3.8) is 0 Å². The molecule has 0 aromatic heterocycles. The molecule has 1 aliphatic heterocycles. The molecule has 0 spiro atoms. The molecule has 2 amide bonds. The van der Waals surface area contributed by atoms with Crippen LogP contribution < -0.4 is 5.32 Å². The molecule has 1 heterocycles. The first-order chi connectivity index (χ1) is 11.5. The maximum absolute atomic E-state index is 12.1. The second-order valence-corrected chi connectivity index (χ2v) is 5.77. The van der Waals surface area contributed by atoms with Gasteiger partial charge in [-0.1, -0.05) is 12.1 Å². The number of hydrogen-bond donors (Lipinski definition) is 2. The Balaban J connectivity index is 1.77. The van der Waals surface area contributed by atoms with Crippen LogP contribution in [-0.2, 0) is 16.0 Å². The van der Waals surface area contributed by atoms with Crippen molar-refractivity contribution in [2.75, 3.05) is 26.7 Å². The van der Waals surface area contributed by atoms with Crippen molar-refractivity contribution in [2.24, 2.45) is 5.92 Å². The van der Waals surface area contributed by atoms with Crippen LogP contribution in [0, 0.1) is 5.92 Å². The summed E-state index contributed by atoms with van der Waals surface area (Å²) in [4.78, 5) is 36.1. The number of likely N-dealkylation sites (tertiary alicyclic amines) is 1. The van der Waals surface area contributed by atoms with E-state index in [1.165, 1.54) is 7.11 Å².